The first kappa shape index (κ1) is 12.0. The Kier molecular flexibility index (Phi) is 2.86. The second kappa shape index (κ2) is 4.54. The molecule has 2 aromatic rings. The lowest BCUT2D eigenvalue weighted by atomic mass is 10.4. The molecule has 1 saturated carbocycles. The van der Waals surface area contributed by atoms with Crippen molar-refractivity contribution in [2.45, 2.75) is 28.9 Å². The second-order valence-electron chi connectivity index (χ2n) is 4.34. The number of nitrogens with zero attached hydrogens (tertiary/aromatic N) is 3. The summed E-state index contributed by atoms with van der Waals surface area (Å²) in [5.41, 5.74) is 11.0. The number of nitrogen functional groups attached to an aromatic ring is 2. The van der Waals surface area contributed by atoms with Crippen LogP contribution in [0.25, 0.3) is 0 Å². The van der Waals surface area contributed by atoms with E-state index in [1.807, 2.05) is 0 Å². The normalized spacial score (nSPS) is 14.5. The largest absolute Gasteiger partial charge is 0.384 e. The van der Waals surface area contributed by atoms with Crippen molar-refractivity contribution in [1.29, 1.82) is 0 Å². The van der Waals surface area contributed by atoms with Crippen LogP contribution in [0.5, 0.6) is 0 Å². The van der Waals surface area contributed by atoms with Crippen molar-refractivity contribution in [3.05, 3.63) is 28.3 Å². The highest BCUT2D eigenvalue weighted by Gasteiger charge is 2.27. The monoisotopic (exact) mass is 276 g/mol. The number of nitrogens with one attached hydrogen (secondary N) is 1. The van der Waals surface area contributed by atoms with Crippen molar-refractivity contribution in [1.82, 2.24) is 19.9 Å². The van der Waals surface area contributed by atoms with Gasteiger partial charge in [0.1, 0.15) is 22.5 Å². The lowest BCUT2D eigenvalue weighted by molar-refractivity contribution is 0.876. The van der Waals surface area contributed by atoms with Gasteiger partial charge in [-0.25, -0.2) is 15.0 Å². The fourth-order valence-corrected chi connectivity index (χ4v) is 2.46. The number of rotatable bonds is 3. The quantitative estimate of drug-likeness (QED) is 0.558. The minimum atomic E-state index is -0.292. The average Bonchev–Trinajstić information content (AvgIpc) is 3.09. The predicted octanol–water partition coefficient (Wildman–Crippen LogP) is 0.753. The van der Waals surface area contributed by atoms with Crippen LogP contribution in [0.4, 0.5) is 11.6 Å². The van der Waals surface area contributed by atoms with Gasteiger partial charge in [-0.1, -0.05) is 0 Å². The summed E-state index contributed by atoms with van der Waals surface area (Å²) in [7, 11) is 0. The van der Waals surface area contributed by atoms with E-state index in [4.69, 9.17) is 11.5 Å². The highest BCUT2D eigenvalue weighted by atomic mass is 32.2. The Morgan fingerprint density at radius 3 is 2.58 bits per heavy atom. The van der Waals surface area contributed by atoms with Gasteiger partial charge in [-0.2, -0.15) is 0 Å². The Labute approximate surface area is 112 Å². The van der Waals surface area contributed by atoms with Crippen molar-refractivity contribution in [2.75, 3.05) is 11.5 Å². The topological polar surface area (TPSA) is 124 Å². The zero-order valence-corrected chi connectivity index (χ0v) is 10.8. The maximum absolute atomic E-state index is 11.3. The fraction of sp³-hybridized carbons (Fsp3) is 0.273. The van der Waals surface area contributed by atoms with Crippen molar-refractivity contribution in [3.63, 3.8) is 0 Å². The molecule has 0 saturated heterocycles. The van der Waals surface area contributed by atoms with Crippen LogP contribution in [0.2, 0.25) is 0 Å². The van der Waals surface area contributed by atoms with Crippen LogP contribution in [0.1, 0.15) is 24.6 Å². The molecule has 0 spiro atoms. The predicted molar refractivity (Wildman–Crippen MR) is 71.8 cm³/mol. The molecule has 2 heterocycles. The van der Waals surface area contributed by atoms with E-state index >= 15 is 0 Å². The van der Waals surface area contributed by atoms with Crippen LogP contribution in [0.3, 0.4) is 0 Å². The Hall–Kier alpha value is -2.09. The van der Waals surface area contributed by atoms with E-state index in [2.05, 4.69) is 19.9 Å². The van der Waals surface area contributed by atoms with Crippen LogP contribution in [0.15, 0.2) is 27.1 Å². The molecule has 0 bridgehead atoms. The minimum Gasteiger partial charge on any atom is -0.384 e. The summed E-state index contributed by atoms with van der Waals surface area (Å²) >= 11 is 1.21. The molecule has 0 atom stereocenters. The highest BCUT2D eigenvalue weighted by molar-refractivity contribution is 7.99. The summed E-state index contributed by atoms with van der Waals surface area (Å²) in [6, 6.07) is 2.88. The van der Waals surface area contributed by atoms with E-state index in [9.17, 15) is 4.79 Å². The first-order valence-electron chi connectivity index (χ1n) is 5.79. The van der Waals surface area contributed by atoms with E-state index in [1.54, 1.807) is 6.07 Å². The number of hydrogen-bond acceptors (Lipinski definition) is 7. The number of nitrogens with two attached hydrogens (primary N) is 2. The molecular formula is C11H12N6OS. The molecule has 1 aliphatic carbocycles. The van der Waals surface area contributed by atoms with Crippen LogP contribution < -0.4 is 17.0 Å². The van der Waals surface area contributed by atoms with Crippen molar-refractivity contribution in [2.24, 2.45) is 0 Å². The van der Waals surface area contributed by atoms with Crippen LogP contribution in [-0.4, -0.2) is 19.9 Å². The Morgan fingerprint density at radius 2 is 1.89 bits per heavy atom. The molecule has 0 aliphatic heterocycles. The zero-order valence-electron chi connectivity index (χ0n) is 9.96. The molecule has 3 rings (SSSR count). The van der Waals surface area contributed by atoms with Crippen molar-refractivity contribution in [3.8, 4) is 0 Å². The van der Waals surface area contributed by atoms with Gasteiger partial charge >= 0.3 is 0 Å². The Morgan fingerprint density at radius 1 is 1.16 bits per heavy atom. The lowest BCUT2D eigenvalue weighted by Gasteiger charge is -2.04. The van der Waals surface area contributed by atoms with Gasteiger partial charge in [0.25, 0.3) is 5.56 Å². The molecule has 0 aromatic carbocycles. The molecule has 19 heavy (non-hydrogen) atoms. The van der Waals surface area contributed by atoms with Crippen LogP contribution >= 0.6 is 11.8 Å². The molecule has 2 aromatic heterocycles. The maximum atomic E-state index is 11.3. The van der Waals surface area contributed by atoms with E-state index in [1.165, 1.54) is 17.8 Å². The van der Waals surface area contributed by atoms with Crippen LogP contribution in [-0.2, 0) is 0 Å². The van der Waals surface area contributed by atoms with Gasteiger partial charge in [0.2, 0.25) is 0 Å². The highest BCUT2D eigenvalue weighted by Crippen LogP contribution is 2.39. The number of H-pyrrole nitrogens is 1. The molecule has 98 valence electrons. The van der Waals surface area contributed by atoms with Gasteiger partial charge < -0.3 is 16.5 Å². The third kappa shape index (κ3) is 2.84. The van der Waals surface area contributed by atoms with E-state index in [0.717, 1.165) is 18.7 Å². The molecule has 0 amide bonds. The van der Waals surface area contributed by atoms with Gasteiger partial charge in [0.15, 0.2) is 5.16 Å². The van der Waals surface area contributed by atoms with E-state index < -0.39 is 0 Å². The fourth-order valence-electron chi connectivity index (χ4n) is 1.64. The summed E-state index contributed by atoms with van der Waals surface area (Å²) in [5.74, 6) is 1.77. The summed E-state index contributed by atoms with van der Waals surface area (Å²) < 4.78 is 0. The summed E-state index contributed by atoms with van der Waals surface area (Å²) in [5, 5.41) is 1.05. The van der Waals surface area contributed by atoms with E-state index in [-0.39, 0.29) is 11.4 Å². The van der Waals surface area contributed by atoms with Crippen molar-refractivity contribution < 1.29 is 0 Å². The van der Waals surface area contributed by atoms with Crippen molar-refractivity contribution >= 4 is 23.4 Å². The molecule has 0 radical (unpaired) electrons. The number of anilines is 2. The number of hydrogen-bond donors (Lipinski definition) is 3. The smallest absolute Gasteiger partial charge is 0.253 e. The molecule has 1 aliphatic rings. The molecule has 1 fully saturated rings. The Balaban J connectivity index is 1.91. The molecular weight excluding hydrogens is 264 g/mol. The summed E-state index contributed by atoms with van der Waals surface area (Å²) in [4.78, 5) is 26.6. The molecule has 7 nitrogen and oxygen atoms in total. The molecule has 8 heteroatoms. The van der Waals surface area contributed by atoms with Gasteiger partial charge in [0, 0.05) is 18.1 Å². The van der Waals surface area contributed by atoms with Crippen LogP contribution in [0, 0.1) is 0 Å². The van der Waals surface area contributed by atoms with Gasteiger partial charge in [0.05, 0.1) is 0 Å². The standard InChI is InChI=1S/C11H12N6OS/c12-6-3-8(18)16-11(15-6)19-9-4-7(13)14-10(17-9)5-1-2-5/h3-5H,1-2H2,(H2,13,14,17)(H3,12,15,16,18). The number of aromatic nitrogens is 4. The Bertz CT molecular complexity index is 681. The first-order valence-corrected chi connectivity index (χ1v) is 6.61. The van der Waals surface area contributed by atoms with Gasteiger partial charge in [-0.15, -0.1) is 0 Å². The third-order valence-electron chi connectivity index (χ3n) is 2.62. The third-order valence-corrected chi connectivity index (χ3v) is 3.43. The average molecular weight is 276 g/mol. The number of aromatic amines is 1. The second-order valence-corrected chi connectivity index (χ2v) is 5.35. The summed E-state index contributed by atoms with van der Waals surface area (Å²) in [6.07, 6.45) is 2.20. The zero-order chi connectivity index (χ0) is 13.4. The minimum absolute atomic E-state index is 0.177. The lowest BCUT2D eigenvalue weighted by Crippen LogP contribution is -2.09. The van der Waals surface area contributed by atoms with E-state index in [0.29, 0.717) is 21.9 Å². The molecule has 5 N–H and O–H groups in total. The first-order chi connectivity index (χ1) is 9.10. The SMILES string of the molecule is Nc1cc(Sc2nc(N)cc(=O)[nH]2)nc(C2CC2)n1. The van der Waals surface area contributed by atoms with Gasteiger partial charge in [-0.05, 0) is 24.6 Å². The maximum Gasteiger partial charge on any atom is 0.253 e. The molecule has 0 unspecified atom stereocenters. The van der Waals surface area contributed by atoms with Gasteiger partial charge in [-0.3, -0.25) is 4.79 Å². The summed E-state index contributed by atoms with van der Waals surface area (Å²) in [6.45, 7) is 0.